The van der Waals surface area contributed by atoms with Crippen molar-refractivity contribution < 1.29 is 35.9 Å². The number of hydrogen-bond donors (Lipinski definition) is 1. The molecule has 4 nitrogen and oxygen atoms in total. The fraction of sp³-hybridized carbons (Fsp3) is 0.105. The Morgan fingerprint density at radius 3 is 2.24 bits per heavy atom. The molecule has 0 fully saturated rings. The van der Waals surface area contributed by atoms with Gasteiger partial charge in [0.25, 0.3) is 5.91 Å². The predicted octanol–water partition coefficient (Wildman–Crippen LogP) is 5.77. The number of ether oxygens (including phenoxy) is 1. The molecule has 10 heteroatoms. The number of anilines is 1. The van der Waals surface area contributed by atoms with Gasteiger partial charge in [-0.3, -0.25) is 4.79 Å². The SMILES string of the molecule is Cc1cc(Cl)ccc1OCc1ccc(C(=O)Nc2c(F)c(F)c(F)c(F)c2F)o1. The number of aryl methyl sites for hydroxylation is 1. The number of furan rings is 1. The van der Waals surface area contributed by atoms with E-state index in [2.05, 4.69) is 0 Å². The molecule has 1 heterocycles. The van der Waals surface area contributed by atoms with E-state index in [1.807, 2.05) is 0 Å². The molecule has 2 aromatic carbocycles. The van der Waals surface area contributed by atoms with E-state index in [9.17, 15) is 26.7 Å². The van der Waals surface area contributed by atoms with E-state index < -0.39 is 46.4 Å². The molecule has 0 spiro atoms. The van der Waals surface area contributed by atoms with Gasteiger partial charge < -0.3 is 14.5 Å². The van der Waals surface area contributed by atoms with Gasteiger partial charge in [-0.15, -0.1) is 0 Å². The van der Waals surface area contributed by atoms with Gasteiger partial charge in [0.15, 0.2) is 29.0 Å². The Labute approximate surface area is 165 Å². The Kier molecular flexibility index (Phi) is 5.78. The van der Waals surface area contributed by atoms with E-state index in [0.717, 1.165) is 11.6 Å². The van der Waals surface area contributed by atoms with E-state index in [-0.39, 0.29) is 12.4 Å². The van der Waals surface area contributed by atoms with Crippen LogP contribution in [0.4, 0.5) is 27.6 Å². The Hall–Kier alpha value is -3.07. The van der Waals surface area contributed by atoms with Gasteiger partial charge in [-0.25, -0.2) is 22.0 Å². The molecule has 0 radical (unpaired) electrons. The van der Waals surface area contributed by atoms with Crippen molar-refractivity contribution in [3.63, 3.8) is 0 Å². The number of carbonyl (C=O) groups is 1. The highest BCUT2D eigenvalue weighted by Crippen LogP contribution is 2.28. The fourth-order valence-corrected chi connectivity index (χ4v) is 2.62. The van der Waals surface area contributed by atoms with Crippen molar-refractivity contribution in [1.82, 2.24) is 0 Å². The molecular formula is C19H11ClF5NO3. The van der Waals surface area contributed by atoms with Crippen molar-refractivity contribution >= 4 is 23.2 Å². The minimum Gasteiger partial charge on any atom is -0.485 e. The minimum atomic E-state index is -2.33. The van der Waals surface area contributed by atoms with E-state index >= 15 is 0 Å². The summed E-state index contributed by atoms with van der Waals surface area (Å²) in [6.07, 6.45) is 0. The highest BCUT2D eigenvalue weighted by Gasteiger charge is 2.27. The Bertz CT molecular complexity index is 1070. The van der Waals surface area contributed by atoms with Gasteiger partial charge in [-0.2, -0.15) is 0 Å². The number of rotatable bonds is 5. The van der Waals surface area contributed by atoms with Crippen molar-refractivity contribution in [2.45, 2.75) is 13.5 Å². The molecule has 0 saturated carbocycles. The molecule has 0 aliphatic heterocycles. The Morgan fingerprint density at radius 1 is 1.00 bits per heavy atom. The quantitative estimate of drug-likeness (QED) is 0.317. The Morgan fingerprint density at radius 2 is 1.62 bits per heavy atom. The zero-order chi connectivity index (χ0) is 21.3. The molecule has 152 valence electrons. The van der Waals surface area contributed by atoms with Gasteiger partial charge in [-0.1, -0.05) is 11.6 Å². The molecule has 1 aromatic heterocycles. The smallest absolute Gasteiger partial charge is 0.291 e. The van der Waals surface area contributed by atoms with Gasteiger partial charge in [0, 0.05) is 5.02 Å². The molecule has 1 amide bonds. The minimum absolute atomic E-state index is 0.0850. The number of carbonyl (C=O) groups excluding carboxylic acids is 1. The number of hydrogen-bond acceptors (Lipinski definition) is 3. The average molecular weight is 432 g/mol. The third-order valence-electron chi connectivity index (χ3n) is 3.84. The highest BCUT2D eigenvalue weighted by atomic mass is 35.5. The van der Waals surface area contributed by atoms with E-state index in [4.69, 9.17) is 20.8 Å². The predicted molar refractivity (Wildman–Crippen MR) is 93.4 cm³/mol. The summed E-state index contributed by atoms with van der Waals surface area (Å²) in [5.74, 6) is -11.9. The van der Waals surface area contributed by atoms with E-state index in [1.165, 1.54) is 6.07 Å². The maximum absolute atomic E-state index is 13.7. The normalized spacial score (nSPS) is 10.9. The molecule has 0 saturated heterocycles. The first-order valence-electron chi connectivity index (χ1n) is 7.99. The molecule has 3 aromatic rings. The lowest BCUT2D eigenvalue weighted by atomic mass is 10.2. The molecule has 0 atom stereocenters. The summed E-state index contributed by atoms with van der Waals surface area (Å²) in [6.45, 7) is 1.69. The van der Waals surface area contributed by atoms with Crippen LogP contribution in [0, 0.1) is 36.0 Å². The molecule has 0 aliphatic carbocycles. The fourth-order valence-electron chi connectivity index (χ4n) is 2.39. The van der Waals surface area contributed by atoms with Crippen LogP contribution in [-0.4, -0.2) is 5.91 Å². The Balaban J connectivity index is 1.73. The van der Waals surface area contributed by atoms with E-state index in [0.29, 0.717) is 10.8 Å². The van der Waals surface area contributed by atoms with Crippen LogP contribution < -0.4 is 10.1 Å². The van der Waals surface area contributed by atoms with Gasteiger partial charge in [0.05, 0.1) is 0 Å². The largest absolute Gasteiger partial charge is 0.485 e. The summed E-state index contributed by atoms with van der Waals surface area (Å²) in [5.41, 5.74) is -0.717. The van der Waals surface area contributed by atoms with Crippen molar-refractivity contribution in [1.29, 1.82) is 0 Å². The number of benzene rings is 2. The average Bonchev–Trinajstić information content (AvgIpc) is 3.16. The van der Waals surface area contributed by atoms with Crippen LogP contribution in [0.3, 0.4) is 0 Å². The topological polar surface area (TPSA) is 51.5 Å². The van der Waals surface area contributed by atoms with Gasteiger partial charge >= 0.3 is 0 Å². The summed E-state index contributed by atoms with van der Waals surface area (Å²) in [4.78, 5) is 12.1. The lowest BCUT2D eigenvalue weighted by Crippen LogP contribution is -2.16. The molecule has 0 bridgehead atoms. The first-order chi connectivity index (χ1) is 13.7. The highest BCUT2D eigenvalue weighted by molar-refractivity contribution is 6.30. The zero-order valence-corrected chi connectivity index (χ0v) is 15.3. The summed E-state index contributed by atoms with van der Waals surface area (Å²) in [7, 11) is 0. The monoisotopic (exact) mass is 431 g/mol. The maximum atomic E-state index is 13.7. The van der Waals surface area contributed by atoms with Gasteiger partial charge in [-0.05, 0) is 42.8 Å². The van der Waals surface area contributed by atoms with Crippen LogP contribution in [0.5, 0.6) is 5.75 Å². The van der Waals surface area contributed by atoms with Crippen molar-refractivity contribution in [2.24, 2.45) is 0 Å². The van der Waals surface area contributed by atoms with Crippen LogP contribution >= 0.6 is 11.6 Å². The molecule has 3 rings (SSSR count). The lowest BCUT2D eigenvalue weighted by molar-refractivity contribution is 0.0991. The van der Waals surface area contributed by atoms with Crippen molar-refractivity contribution in [2.75, 3.05) is 5.32 Å². The van der Waals surface area contributed by atoms with Crippen molar-refractivity contribution in [3.05, 3.63) is 81.5 Å². The third kappa shape index (κ3) is 4.19. The zero-order valence-electron chi connectivity index (χ0n) is 14.6. The molecular weight excluding hydrogens is 421 g/mol. The van der Waals surface area contributed by atoms with Crippen LogP contribution in [0.1, 0.15) is 21.9 Å². The van der Waals surface area contributed by atoms with Crippen LogP contribution in [-0.2, 0) is 6.61 Å². The number of amides is 1. The van der Waals surface area contributed by atoms with Gasteiger partial charge in [0.1, 0.15) is 23.8 Å². The summed E-state index contributed by atoms with van der Waals surface area (Å²) < 4.78 is 77.5. The molecule has 0 aliphatic rings. The lowest BCUT2D eigenvalue weighted by Gasteiger charge is -2.09. The molecule has 0 unspecified atom stereocenters. The summed E-state index contributed by atoms with van der Waals surface area (Å²) in [5, 5.41) is 2.15. The second-order valence-electron chi connectivity index (χ2n) is 5.86. The standard InChI is InChI=1S/C19H11ClF5NO3/c1-8-6-9(20)2-4-11(8)28-7-10-3-5-12(29-10)19(27)26-18-16(24)14(22)13(21)15(23)17(18)25/h2-6H,7H2,1H3,(H,26,27). The number of halogens is 6. The maximum Gasteiger partial charge on any atom is 0.291 e. The summed E-state index contributed by atoms with van der Waals surface area (Å²) in [6, 6.07) is 7.46. The van der Waals surface area contributed by atoms with Crippen LogP contribution in [0.2, 0.25) is 5.02 Å². The first-order valence-corrected chi connectivity index (χ1v) is 8.37. The second-order valence-corrected chi connectivity index (χ2v) is 6.30. The summed E-state index contributed by atoms with van der Waals surface area (Å²) >= 11 is 5.85. The first kappa shape index (κ1) is 20.7. The van der Waals surface area contributed by atoms with E-state index in [1.54, 1.807) is 30.4 Å². The molecule has 1 N–H and O–H groups in total. The third-order valence-corrected chi connectivity index (χ3v) is 4.08. The molecule has 29 heavy (non-hydrogen) atoms. The van der Waals surface area contributed by atoms with Crippen molar-refractivity contribution in [3.8, 4) is 5.75 Å². The number of nitrogens with one attached hydrogen (secondary N) is 1. The van der Waals surface area contributed by atoms with Crippen LogP contribution in [0.25, 0.3) is 0 Å². The second kappa shape index (κ2) is 8.12. The van der Waals surface area contributed by atoms with Gasteiger partial charge in [0.2, 0.25) is 5.82 Å². The van der Waals surface area contributed by atoms with Crippen LogP contribution in [0.15, 0.2) is 34.7 Å².